The number of nitrogen functional groups attached to an aromatic ring is 1. The summed E-state index contributed by atoms with van der Waals surface area (Å²) in [5, 5.41) is 1.51. The van der Waals surface area contributed by atoms with Crippen molar-refractivity contribution in [1.82, 2.24) is 14.8 Å². The molecule has 1 aliphatic heterocycles. The van der Waals surface area contributed by atoms with Crippen LogP contribution < -0.4 is 5.73 Å². The third-order valence-corrected chi connectivity index (χ3v) is 5.13. The monoisotopic (exact) mass is 370 g/mol. The zero-order valence-corrected chi connectivity index (χ0v) is 14.7. The minimum absolute atomic E-state index is 0.0478. The van der Waals surface area contributed by atoms with Gasteiger partial charge in [-0.3, -0.25) is 9.69 Å². The van der Waals surface area contributed by atoms with E-state index in [0.29, 0.717) is 33.8 Å². The number of rotatable bonds is 3. The largest absolute Gasteiger partial charge is 0.375 e. The second-order valence-corrected chi connectivity index (χ2v) is 7.35. The molecule has 1 aliphatic rings. The molecule has 0 radical (unpaired) electrons. The summed E-state index contributed by atoms with van der Waals surface area (Å²) in [5.41, 5.74) is 6.15. The van der Waals surface area contributed by atoms with E-state index in [4.69, 9.17) is 28.9 Å². The summed E-state index contributed by atoms with van der Waals surface area (Å²) in [5.74, 6) is -0.0478. The van der Waals surface area contributed by atoms with Gasteiger partial charge in [-0.05, 0) is 18.2 Å². The van der Waals surface area contributed by atoms with Gasteiger partial charge in [0.05, 0.1) is 10.6 Å². The van der Waals surface area contributed by atoms with Crippen LogP contribution in [0.15, 0.2) is 24.4 Å². The van der Waals surface area contributed by atoms with Gasteiger partial charge in [-0.2, -0.15) is 0 Å². The summed E-state index contributed by atoms with van der Waals surface area (Å²) >= 11 is 13.5. The van der Waals surface area contributed by atoms with Crippen molar-refractivity contribution >= 4 is 45.6 Å². The van der Waals surface area contributed by atoms with Crippen molar-refractivity contribution in [3.63, 3.8) is 0 Å². The second-order valence-electron chi connectivity index (χ2n) is 5.36. The number of amides is 1. The Hall–Kier alpha value is -1.34. The van der Waals surface area contributed by atoms with Gasteiger partial charge in [-0.15, -0.1) is 11.3 Å². The number of carbonyl (C=O) groups is 1. The van der Waals surface area contributed by atoms with Crippen molar-refractivity contribution in [1.29, 1.82) is 0 Å². The summed E-state index contributed by atoms with van der Waals surface area (Å²) in [4.78, 5) is 21.9. The molecule has 3 rings (SSSR count). The van der Waals surface area contributed by atoms with Gasteiger partial charge in [0.2, 0.25) is 0 Å². The molecule has 2 heterocycles. The third-order valence-electron chi connectivity index (χ3n) is 3.77. The molecule has 0 unspecified atom stereocenters. The average molecular weight is 371 g/mol. The number of hydrogen-bond donors (Lipinski definition) is 1. The van der Waals surface area contributed by atoms with Gasteiger partial charge in [-0.25, -0.2) is 4.98 Å². The van der Waals surface area contributed by atoms with E-state index in [1.54, 1.807) is 18.2 Å². The number of nitrogens with zero attached hydrogens (tertiary/aromatic N) is 3. The number of benzene rings is 1. The normalized spacial score (nSPS) is 15.8. The first-order chi connectivity index (χ1) is 11.0. The highest BCUT2D eigenvalue weighted by Crippen LogP contribution is 2.23. The van der Waals surface area contributed by atoms with Crippen LogP contribution in [0.1, 0.15) is 15.2 Å². The second kappa shape index (κ2) is 7.05. The fourth-order valence-electron chi connectivity index (χ4n) is 2.56. The van der Waals surface area contributed by atoms with E-state index in [1.165, 1.54) is 11.3 Å². The number of anilines is 1. The molecular weight excluding hydrogens is 355 g/mol. The topological polar surface area (TPSA) is 62.5 Å². The van der Waals surface area contributed by atoms with Crippen molar-refractivity contribution in [2.45, 2.75) is 6.54 Å². The predicted molar refractivity (Wildman–Crippen MR) is 94.2 cm³/mol. The smallest absolute Gasteiger partial charge is 0.255 e. The fourth-order valence-corrected chi connectivity index (χ4v) is 3.77. The maximum atomic E-state index is 12.6. The molecule has 2 N–H and O–H groups in total. The Balaban J connectivity index is 1.59. The molecule has 1 amide bonds. The number of carbonyl (C=O) groups excluding carboxylic acids is 1. The molecule has 1 aromatic carbocycles. The Kier molecular flexibility index (Phi) is 5.06. The van der Waals surface area contributed by atoms with Crippen LogP contribution in [-0.4, -0.2) is 46.9 Å². The van der Waals surface area contributed by atoms with Gasteiger partial charge in [-0.1, -0.05) is 23.2 Å². The standard InChI is InChI=1S/C15H16Cl2N4OS/c16-10-1-2-12(13(17)7-10)14(22)21-5-3-20(4-6-21)9-11-8-19-15(18)23-11/h1-2,7-8H,3-6,9H2,(H2,18,19). The van der Waals surface area contributed by atoms with E-state index in [0.717, 1.165) is 24.5 Å². The lowest BCUT2D eigenvalue weighted by Crippen LogP contribution is -2.48. The van der Waals surface area contributed by atoms with E-state index >= 15 is 0 Å². The molecule has 23 heavy (non-hydrogen) atoms. The predicted octanol–water partition coefficient (Wildman–Crippen LogP) is 2.99. The number of piperazine rings is 1. The Bertz CT molecular complexity index is 713. The lowest BCUT2D eigenvalue weighted by Gasteiger charge is -2.34. The number of aromatic nitrogens is 1. The first-order valence-corrected chi connectivity index (χ1v) is 8.77. The Morgan fingerprint density at radius 3 is 2.61 bits per heavy atom. The van der Waals surface area contributed by atoms with Crippen LogP contribution in [0.4, 0.5) is 5.13 Å². The van der Waals surface area contributed by atoms with Crippen LogP contribution in [-0.2, 0) is 6.54 Å². The minimum atomic E-state index is -0.0478. The third kappa shape index (κ3) is 3.95. The molecule has 5 nitrogen and oxygen atoms in total. The van der Waals surface area contributed by atoms with E-state index in [2.05, 4.69) is 9.88 Å². The molecule has 0 spiro atoms. The van der Waals surface area contributed by atoms with E-state index < -0.39 is 0 Å². The summed E-state index contributed by atoms with van der Waals surface area (Å²) in [7, 11) is 0. The van der Waals surface area contributed by atoms with Crippen LogP contribution in [0.2, 0.25) is 10.0 Å². The molecule has 1 aromatic heterocycles. The Labute approximate surface area is 148 Å². The lowest BCUT2D eigenvalue weighted by molar-refractivity contribution is 0.0630. The molecule has 0 atom stereocenters. The maximum absolute atomic E-state index is 12.6. The van der Waals surface area contributed by atoms with Crippen molar-refractivity contribution in [3.05, 3.63) is 44.9 Å². The van der Waals surface area contributed by atoms with E-state index in [-0.39, 0.29) is 5.91 Å². The molecule has 1 saturated heterocycles. The van der Waals surface area contributed by atoms with Crippen LogP contribution >= 0.6 is 34.5 Å². The van der Waals surface area contributed by atoms with Crippen LogP contribution in [0.25, 0.3) is 0 Å². The summed E-state index contributed by atoms with van der Waals surface area (Å²) in [6.45, 7) is 3.79. The van der Waals surface area contributed by atoms with Gasteiger partial charge in [0, 0.05) is 48.8 Å². The van der Waals surface area contributed by atoms with Gasteiger partial charge >= 0.3 is 0 Å². The Morgan fingerprint density at radius 1 is 1.26 bits per heavy atom. The lowest BCUT2D eigenvalue weighted by atomic mass is 10.1. The highest BCUT2D eigenvalue weighted by molar-refractivity contribution is 7.15. The van der Waals surface area contributed by atoms with Gasteiger partial charge in [0.1, 0.15) is 0 Å². The van der Waals surface area contributed by atoms with Gasteiger partial charge < -0.3 is 10.6 Å². The average Bonchev–Trinajstić information content (AvgIpc) is 2.92. The van der Waals surface area contributed by atoms with Crippen LogP contribution in [0.5, 0.6) is 0 Å². The van der Waals surface area contributed by atoms with Crippen molar-refractivity contribution in [2.75, 3.05) is 31.9 Å². The molecule has 2 aromatic rings. The highest BCUT2D eigenvalue weighted by atomic mass is 35.5. The first kappa shape index (κ1) is 16.5. The zero-order valence-electron chi connectivity index (χ0n) is 12.3. The number of hydrogen-bond acceptors (Lipinski definition) is 5. The Morgan fingerprint density at radius 2 is 2.00 bits per heavy atom. The van der Waals surface area contributed by atoms with E-state index in [1.807, 2.05) is 11.1 Å². The number of thiazole rings is 1. The van der Waals surface area contributed by atoms with E-state index in [9.17, 15) is 4.79 Å². The van der Waals surface area contributed by atoms with Crippen molar-refractivity contribution in [3.8, 4) is 0 Å². The zero-order chi connectivity index (χ0) is 16.4. The van der Waals surface area contributed by atoms with Gasteiger partial charge in [0.25, 0.3) is 5.91 Å². The minimum Gasteiger partial charge on any atom is -0.375 e. The van der Waals surface area contributed by atoms with Crippen molar-refractivity contribution < 1.29 is 4.79 Å². The molecule has 0 saturated carbocycles. The van der Waals surface area contributed by atoms with Crippen LogP contribution in [0, 0.1) is 0 Å². The summed E-state index contributed by atoms with van der Waals surface area (Å²) in [6.07, 6.45) is 1.81. The van der Waals surface area contributed by atoms with Gasteiger partial charge in [0.15, 0.2) is 5.13 Å². The molecule has 8 heteroatoms. The quantitative estimate of drug-likeness (QED) is 0.901. The number of halogens is 2. The van der Waals surface area contributed by atoms with Crippen molar-refractivity contribution in [2.24, 2.45) is 0 Å². The molecule has 0 bridgehead atoms. The molecule has 1 fully saturated rings. The van der Waals surface area contributed by atoms with Crippen LogP contribution in [0.3, 0.4) is 0 Å². The molecule has 0 aliphatic carbocycles. The highest BCUT2D eigenvalue weighted by Gasteiger charge is 2.24. The SMILES string of the molecule is Nc1ncc(CN2CCN(C(=O)c3ccc(Cl)cc3Cl)CC2)s1. The maximum Gasteiger partial charge on any atom is 0.255 e. The fraction of sp³-hybridized carbons (Fsp3) is 0.333. The summed E-state index contributed by atoms with van der Waals surface area (Å²) < 4.78 is 0. The summed E-state index contributed by atoms with van der Waals surface area (Å²) in [6, 6.07) is 4.96. The molecule has 122 valence electrons. The first-order valence-electron chi connectivity index (χ1n) is 7.20. The number of nitrogens with two attached hydrogens (primary N) is 1. The molecular formula is C15H16Cl2N4OS.